The minimum atomic E-state index is 0. The maximum atomic E-state index is 6.14. The molecular weight excluding hydrogens is 526 g/mol. The van der Waals surface area contributed by atoms with Gasteiger partial charge in [0.05, 0.1) is 31.3 Å². The van der Waals surface area contributed by atoms with Crippen molar-refractivity contribution >= 4 is 59.0 Å². The zero-order chi connectivity index (χ0) is 19.9. The molecule has 0 atom stereocenters. The molecular formula is C19H27Cl2IN6O. The number of aromatic nitrogens is 2. The number of nitrogens with one attached hydrogen (secondary N) is 2. The van der Waals surface area contributed by atoms with Crippen LogP contribution in [0.3, 0.4) is 0 Å². The van der Waals surface area contributed by atoms with Gasteiger partial charge in [-0.3, -0.25) is 0 Å². The fraction of sp³-hybridized carbons (Fsp3) is 0.474. The second-order valence-electron chi connectivity index (χ2n) is 6.47. The predicted molar refractivity (Wildman–Crippen MR) is 130 cm³/mol. The molecule has 2 aromatic rings. The van der Waals surface area contributed by atoms with Crippen LogP contribution in [-0.2, 0) is 24.9 Å². The van der Waals surface area contributed by atoms with Gasteiger partial charge < -0.3 is 24.8 Å². The number of halogens is 3. The lowest BCUT2D eigenvalue weighted by atomic mass is 10.2. The van der Waals surface area contributed by atoms with Crippen LogP contribution in [0.2, 0.25) is 10.2 Å². The molecule has 0 amide bonds. The second-order valence-corrected chi connectivity index (χ2v) is 7.23. The van der Waals surface area contributed by atoms with E-state index in [1.54, 1.807) is 0 Å². The molecule has 0 radical (unpaired) electrons. The van der Waals surface area contributed by atoms with Gasteiger partial charge in [0.2, 0.25) is 0 Å². The van der Waals surface area contributed by atoms with Crippen LogP contribution in [0, 0.1) is 0 Å². The number of ether oxygens (including phenoxy) is 1. The molecule has 1 aliphatic heterocycles. The van der Waals surface area contributed by atoms with E-state index in [1.807, 2.05) is 36.9 Å². The first kappa shape index (κ1) is 24.0. The third-order valence-corrected chi connectivity index (χ3v) is 5.42. The standard InChI is InChI=1S/C19H26Cl2N6O.HI/c1-3-22-19(25-13-15-11-16(20)17(21)26(15)2)24-12-14-5-4-6-23-18(14)27-7-9-28-10-8-27;/h4-6,11H,3,7-10,12-13H2,1-2H3,(H2,22,24,25);1H. The fourth-order valence-electron chi connectivity index (χ4n) is 3.05. The van der Waals surface area contributed by atoms with E-state index in [9.17, 15) is 0 Å². The number of hydrogen-bond donors (Lipinski definition) is 2. The maximum absolute atomic E-state index is 6.14. The quantitative estimate of drug-likeness (QED) is 0.326. The molecule has 0 bridgehead atoms. The lowest BCUT2D eigenvalue weighted by Gasteiger charge is -2.29. The molecule has 0 unspecified atom stereocenters. The Bertz CT molecular complexity index is 823. The molecule has 0 saturated carbocycles. The van der Waals surface area contributed by atoms with Gasteiger partial charge in [0, 0.05) is 44.1 Å². The predicted octanol–water partition coefficient (Wildman–Crippen LogP) is 3.44. The molecule has 0 aromatic carbocycles. The molecule has 10 heteroatoms. The van der Waals surface area contributed by atoms with Crippen LogP contribution in [0.1, 0.15) is 18.2 Å². The van der Waals surface area contributed by atoms with Crippen LogP contribution in [-0.4, -0.2) is 48.4 Å². The van der Waals surface area contributed by atoms with E-state index < -0.39 is 0 Å². The third-order valence-electron chi connectivity index (χ3n) is 4.58. The molecule has 2 N–H and O–H groups in total. The summed E-state index contributed by atoms with van der Waals surface area (Å²) in [5.41, 5.74) is 2.07. The number of hydrogen-bond acceptors (Lipinski definition) is 4. The lowest BCUT2D eigenvalue weighted by molar-refractivity contribution is 0.122. The first-order valence-electron chi connectivity index (χ1n) is 9.38. The minimum Gasteiger partial charge on any atom is -0.378 e. The molecule has 1 fully saturated rings. The molecule has 160 valence electrons. The molecule has 3 rings (SSSR count). The highest BCUT2D eigenvalue weighted by atomic mass is 127. The van der Waals surface area contributed by atoms with Crippen LogP contribution in [0.4, 0.5) is 5.82 Å². The Hall–Kier alpha value is -1.23. The van der Waals surface area contributed by atoms with Crippen LogP contribution >= 0.6 is 47.2 Å². The molecule has 7 nitrogen and oxygen atoms in total. The van der Waals surface area contributed by atoms with Crippen molar-refractivity contribution in [2.75, 3.05) is 37.7 Å². The van der Waals surface area contributed by atoms with Crippen LogP contribution in [0.5, 0.6) is 0 Å². The van der Waals surface area contributed by atoms with Crippen molar-refractivity contribution in [3.63, 3.8) is 0 Å². The van der Waals surface area contributed by atoms with E-state index in [-0.39, 0.29) is 24.0 Å². The van der Waals surface area contributed by atoms with E-state index in [1.165, 1.54) is 0 Å². The summed E-state index contributed by atoms with van der Waals surface area (Å²) in [4.78, 5) is 11.6. The minimum absolute atomic E-state index is 0. The number of pyridine rings is 1. The van der Waals surface area contributed by atoms with Crippen molar-refractivity contribution < 1.29 is 4.74 Å². The largest absolute Gasteiger partial charge is 0.378 e. The van der Waals surface area contributed by atoms with Gasteiger partial charge >= 0.3 is 0 Å². The normalized spacial score (nSPS) is 14.5. The third kappa shape index (κ3) is 6.37. The van der Waals surface area contributed by atoms with Gasteiger partial charge in [0.25, 0.3) is 0 Å². The zero-order valence-electron chi connectivity index (χ0n) is 16.6. The Morgan fingerprint density at radius 3 is 2.69 bits per heavy atom. The van der Waals surface area contributed by atoms with Crippen molar-refractivity contribution in [1.82, 2.24) is 20.2 Å². The fourth-order valence-corrected chi connectivity index (χ4v) is 3.47. The van der Waals surface area contributed by atoms with Crippen molar-refractivity contribution in [3.05, 3.63) is 45.8 Å². The molecule has 29 heavy (non-hydrogen) atoms. The summed E-state index contributed by atoms with van der Waals surface area (Å²) in [6, 6.07) is 5.88. The average molecular weight is 553 g/mol. The van der Waals surface area contributed by atoms with E-state index in [2.05, 4.69) is 26.6 Å². The summed E-state index contributed by atoms with van der Waals surface area (Å²) in [6.07, 6.45) is 1.82. The summed E-state index contributed by atoms with van der Waals surface area (Å²) in [5, 5.41) is 7.69. The monoisotopic (exact) mass is 552 g/mol. The number of guanidine groups is 1. The smallest absolute Gasteiger partial charge is 0.191 e. The number of morpholine rings is 1. The molecule has 0 spiro atoms. The summed E-state index contributed by atoms with van der Waals surface area (Å²) in [6.45, 7) is 7.06. The highest BCUT2D eigenvalue weighted by Gasteiger charge is 2.16. The van der Waals surface area contributed by atoms with Crippen molar-refractivity contribution in [2.45, 2.75) is 20.0 Å². The van der Waals surface area contributed by atoms with Gasteiger partial charge in [-0.2, -0.15) is 0 Å². The Balaban J connectivity index is 0.00000300. The number of aliphatic imine (C=N–C) groups is 1. The Morgan fingerprint density at radius 1 is 1.28 bits per heavy atom. The van der Waals surface area contributed by atoms with Crippen molar-refractivity contribution in [3.8, 4) is 0 Å². The van der Waals surface area contributed by atoms with E-state index >= 15 is 0 Å². The van der Waals surface area contributed by atoms with Crippen molar-refractivity contribution in [1.29, 1.82) is 0 Å². The number of anilines is 1. The van der Waals surface area contributed by atoms with Crippen LogP contribution in [0.25, 0.3) is 0 Å². The molecule has 1 aliphatic rings. The van der Waals surface area contributed by atoms with Gasteiger partial charge in [-0.05, 0) is 19.1 Å². The topological polar surface area (TPSA) is 66.7 Å². The lowest BCUT2D eigenvalue weighted by Crippen LogP contribution is -2.38. The Morgan fingerprint density at radius 2 is 2.03 bits per heavy atom. The highest BCUT2D eigenvalue weighted by molar-refractivity contribution is 14.0. The Labute approximate surface area is 198 Å². The maximum Gasteiger partial charge on any atom is 0.191 e. The number of rotatable bonds is 6. The molecule has 2 aromatic heterocycles. The van der Waals surface area contributed by atoms with E-state index in [0.717, 1.165) is 55.9 Å². The average Bonchev–Trinajstić information content (AvgIpc) is 2.97. The van der Waals surface area contributed by atoms with Gasteiger partial charge in [-0.25, -0.2) is 9.98 Å². The summed E-state index contributed by atoms with van der Waals surface area (Å²) < 4.78 is 7.31. The summed E-state index contributed by atoms with van der Waals surface area (Å²) in [5.74, 6) is 1.71. The van der Waals surface area contributed by atoms with Gasteiger partial charge in [0.1, 0.15) is 11.0 Å². The second kappa shape index (κ2) is 11.8. The SMILES string of the molecule is CCNC(=NCc1cccnc1N1CCOCC1)NCc1cc(Cl)c(Cl)n1C.I. The molecule has 3 heterocycles. The van der Waals surface area contributed by atoms with Crippen LogP contribution in [0.15, 0.2) is 29.4 Å². The highest BCUT2D eigenvalue weighted by Crippen LogP contribution is 2.25. The van der Waals surface area contributed by atoms with Gasteiger partial charge in [0.15, 0.2) is 5.96 Å². The van der Waals surface area contributed by atoms with Crippen LogP contribution < -0.4 is 15.5 Å². The Kier molecular flexibility index (Phi) is 9.81. The number of nitrogens with zero attached hydrogens (tertiary/aromatic N) is 4. The van der Waals surface area contributed by atoms with Gasteiger partial charge in [-0.1, -0.05) is 29.3 Å². The zero-order valence-corrected chi connectivity index (χ0v) is 20.5. The first-order chi connectivity index (χ1) is 13.6. The van der Waals surface area contributed by atoms with E-state index in [4.69, 9.17) is 32.9 Å². The van der Waals surface area contributed by atoms with E-state index in [0.29, 0.717) is 23.3 Å². The molecule has 1 saturated heterocycles. The van der Waals surface area contributed by atoms with Gasteiger partial charge in [-0.15, -0.1) is 24.0 Å². The molecule has 0 aliphatic carbocycles. The summed E-state index contributed by atoms with van der Waals surface area (Å²) >= 11 is 12.2. The van der Waals surface area contributed by atoms with Crippen molar-refractivity contribution in [2.24, 2.45) is 12.0 Å². The summed E-state index contributed by atoms with van der Waals surface area (Å²) in [7, 11) is 1.89. The first-order valence-corrected chi connectivity index (χ1v) is 10.1.